The Morgan fingerprint density at radius 2 is 1.76 bits per heavy atom. The van der Waals surface area contributed by atoms with Crippen molar-refractivity contribution in [2.75, 3.05) is 37.6 Å². The fraction of sp³-hybridized carbons (Fsp3) is 0.727. The first-order valence-electron chi connectivity index (χ1n) is 10.9. The zero-order chi connectivity index (χ0) is 20.9. The molecule has 1 aromatic heterocycles. The minimum Gasteiger partial charge on any atom is -0.368 e. The standard InChI is InChI=1S/C22H37N5O2/c1-22(2,3)25-21(29)24-16-17-4-6-18(7-5-17)20(28)27-14-12-26(13-15-27)19-8-10-23-11-9-19/h8-11,17-18,21,24-25,29H,4-7,12-16H2,1-3H3. The largest absolute Gasteiger partial charge is 0.368 e. The summed E-state index contributed by atoms with van der Waals surface area (Å²) in [5.74, 6) is 1.02. The normalized spacial score (nSPS) is 24.4. The third-order valence-corrected chi connectivity index (χ3v) is 5.98. The lowest BCUT2D eigenvalue weighted by Crippen LogP contribution is -2.52. The number of aromatic nitrogens is 1. The molecule has 3 N–H and O–H groups in total. The van der Waals surface area contributed by atoms with Crippen LogP contribution in [0.1, 0.15) is 46.5 Å². The summed E-state index contributed by atoms with van der Waals surface area (Å²) in [4.78, 5) is 21.4. The van der Waals surface area contributed by atoms with Crippen molar-refractivity contribution in [3.05, 3.63) is 24.5 Å². The summed E-state index contributed by atoms with van der Waals surface area (Å²) in [7, 11) is 0. The quantitative estimate of drug-likeness (QED) is 0.629. The fourth-order valence-corrected chi connectivity index (χ4v) is 4.35. The van der Waals surface area contributed by atoms with E-state index in [1.54, 1.807) is 0 Å². The Hall–Kier alpha value is -1.70. The van der Waals surface area contributed by atoms with Crippen molar-refractivity contribution >= 4 is 11.6 Å². The van der Waals surface area contributed by atoms with Gasteiger partial charge in [-0.05, 0) is 64.5 Å². The third kappa shape index (κ3) is 6.66. The number of aliphatic hydroxyl groups excluding tert-OH is 1. The van der Waals surface area contributed by atoms with E-state index in [0.29, 0.717) is 11.8 Å². The highest BCUT2D eigenvalue weighted by Gasteiger charge is 2.31. The first-order valence-corrected chi connectivity index (χ1v) is 10.9. The number of piperazine rings is 1. The van der Waals surface area contributed by atoms with E-state index in [1.807, 2.05) is 45.3 Å². The van der Waals surface area contributed by atoms with E-state index in [1.165, 1.54) is 5.69 Å². The average molecular weight is 404 g/mol. The van der Waals surface area contributed by atoms with Gasteiger partial charge in [-0.2, -0.15) is 0 Å². The maximum Gasteiger partial charge on any atom is 0.225 e. The SMILES string of the molecule is CC(C)(C)NC(O)NCC1CCC(C(=O)N2CCN(c3ccncc3)CC2)CC1. The van der Waals surface area contributed by atoms with Gasteiger partial charge in [-0.1, -0.05) is 0 Å². The van der Waals surface area contributed by atoms with Crippen molar-refractivity contribution in [1.29, 1.82) is 0 Å². The van der Waals surface area contributed by atoms with E-state index in [2.05, 4.69) is 25.4 Å². The molecule has 162 valence electrons. The highest BCUT2D eigenvalue weighted by Crippen LogP contribution is 2.30. The van der Waals surface area contributed by atoms with E-state index in [4.69, 9.17) is 0 Å². The van der Waals surface area contributed by atoms with Crippen LogP contribution in [0.25, 0.3) is 0 Å². The molecule has 0 aromatic carbocycles. The van der Waals surface area contributed by atoms with Crippen LogP contribution in [0.5, 0.6) is 0 Å². The molecule has 1 saturated heterocycles. The monoisotopic (exact) mass is 403 g/mol. The lowest BCUT2D eigenvalue weighted by molar-refractivity contribution is -0.137. The molecule has 29 heavy (non-hydrogen) atoms. The third-order valence-electron chi connectivity index (χ3n) is 5.98. The van der Waals surface area contributed by atoms with Crippen LogP contribution >= 0.6 is 0 Å². The second kappa shape index (κ2) is 9.87. The summed E-state index contributed by atoms with van der Waals surface area (Å²) in [6.07, 6.45) is 6.95. The van der Waals surface area contributed by atoms with Crippen LogP contribution in [0.15, 0.2) is 24.5 Å². The van der Waals surface area contributed by atoms with Crippen molar-refractivity contribution in [1.82, 2.24) is 20.5 Å². The van der Waals surface area contributed by atoms with Gasteiger partial charge in [-0.3, -0.25) is 20.4 Å². The molecule has 1 aliphatic carbocycles. The molecule has 1 atom stereocenters. The molecule has 2 fully saturated rings. The van der Waals surface area contributed by atoms with Gasteiger partial charge in [0.15, 0.2) is 6.35 Å². The topological polar surface area (TPSA) is 80.7 Å². The van der Waals surface area contributed by atoms with Crippen LogP contribution in [0, 0.1) is 11.8 Å². The molecule has 1 aliphatic heterocycles. The van der Waals surface area contributed by atoms with Crippen molar-refractivity contribution in [3.63, 3.8) is 0 Å². The number of aliphatic hydroxyl groups is 1. The molecule has 1 saturated carbocycles. The number of anilines is 1. The number of carbonyl (C=O) groups excluding carboxylic acids is 1. The number of pyridine rings is 1. The molecule has 7 heteroatoms. The number of nitrogens with one attached hydrogen (secondary N) is 2. The summed E-state index contributed by atoms with van der Waals surface area (Å²) >= 11 is 0. The molecule has 1 amide bonds. The van der Waals surface area contributed by atoms with Gasteiger partial charge in [-0.25, -0.2) is 0 Å². The molecule has 0 radical (unpaired) electrons. The Bertz CT molecular complexity index is 632. The molecular weight excluding hydrogens is 366 g/mol. The summed E-state index contributed by atoms with van der Waals surface area (Å²) in [5, 5.41) is 16.3. The lowest BCUT2D eigenvalue weighted by Gasteiger charge is -2.39. The predicted molar refractivity (Wildman–Crippen MR) is 115 cm³/mol. The molecule has 2 aliphatic rings. The Balaban J connectivity index is 1.37. The van der Waals surface area contributed by atoms with Crippen molar-refractivity contribution in [3.8, 4) is 0 Å². The van der Waals surface area contributed by atoms with Crippen LogP contribution in [-0.2, 0) is 4.79 Å². The van der Waals surface area contributed by atoms with Crippen LogP contribution in [0.3, 0.4) is 0 Å². The minimum absolute atomic E-state index is 0.127. The Kier molecular flexibility index (Phi) is 7.49. The van der Waals surface area contributed by atoms with Crippen LogP contribution in [0.4, 0.5) is 5.69 Å². The van der Waals surface area contributed by atoms with Gasteiger partial charge in [0, 0.05) is 62.3 Å². The summed E-state index contributed by atoms with van der Waals surface area (Å²) < 4.78 is 0. The number of nitrogens with zero attached hydrogens (tertiary/aromatic N) is 3. The predicted octanol–water partition coefficient (Wildman–Crippen LogP) is 1.79. The molecule has 1 aromatic rings. The maximum atomic E-state index is 13.0. The maximum absolute atomic E-state index is 13.0. The number of amides is 1. The summed E-state index contributed by atoms with van der Waals surface area (Å²) in [6.45, 7) is 10.3. The van der Waals surface area contributed by atoms with Gasteiger partial charge in [0.25, 0.3) is 0 Å². The molecular formula is C22H37N5O2. The van der Waals surface area contributed by atoms with E-state index >= 15 is 0 Å². The van der Waals surface area contributed by atoms with E-state index < -0.39 is 6.35 Å². The van der Waals surface area contributed by atoms with Gasteiger partial charge in [-0.15, -0.1) is 0 Å². The average Bonchev–Trinajstić information content (AvgIpc) is 2.72. The van der Waals surface area contributed by atoms with Crippen LogP contribution in [-0.4, -0.2) is 65.5 Å². The molecule has 0 spiro atoms. The van der Waals surface area contributed by atoms with Crippen molar-refractivity contribution in [2.24, 2.45) is 11.8 Å². The highest BCUT2D eigenvalue weighted by atomic mass is 16.3. The smallest absolute Gasteiger partial charge is 0.225 e. The first kappa shape index (κ1) is 22.0. The van der Waals surface area contributed by atoms with Gasteiger partial charge >= 0.3 is 0 Å². The molecule has 3 rings (SSSR count). The zero-order valence-electron chi connectivity index (χ0n) is 18.1. The Labute approximate surface area is 174 Å². The lowest BCUT2D eigenvalue weighted by atomic mass is 9.81. The number of hydrogen-bond donors (Lipinski definition) is 3. The van der Waals surface area contributed by atoms with E-state index in [0.717, 1.165) is 58.4 Å². The minimum atomic E-state index is -0.689. The number of rotatable bonds is 6. The molecule has 2 heterocycles. The van der Waals surface area contributed by atoms with Crippen LogP contribution in [0.2, 0.25) is 0 Å². The van der Waals surface area contributed by atoms with Gasteiger partial charge in [0.05, 0.1) is 0 Å². The molecule has 7 nitrogen and oxygen atoms in total. The summed E-state index contributed by atoms with van der Waals surface area (Å²) in [5.41, 5.74) is 1.06. The van der Waals surface area contributed by atoms with E-state index in [9.17, 15) is 9.90 Å². The Morgan fingerprint density at radius 1 is 1.14 bits per heavy atom. The number of carbonyl (C=O) groups is 1. The van der Waals surface area contributed by atoms with E-state index in [-0.39, 0.29) is 11.5 Å². The van der Waals surface area contributed by atoms with Crippen LogP contribution < -0.4 is 15.5 Å². The van der Waals surface area contributed by atoms with Gasteiger partial charge in [0.1, 0.15) is 0 Å². The second-order valence-electron chi connectivity index (χ2n) is 9.44. The Morgan fingerprint density at radius 3 is 2.34 bits per heavy atom. The van der Waals surface area contributed by atoms with Crippen molar-refractivity contribution in [2.45, 2.75) is 58.3 Å². The fourth-order valence-electron chi connectivity index (χ4n) is 4.35. The van der Waals surface area contributed by atoms with Gasteiger partial charge < -0.3 is 14.9 Å². The zero-order valence-corrected chi connectivity index (χ0v) is 18.1. The first-order chi connectivity index (χ1) is 13.8. The van der Waals surface area contributed by atoms with Crippen molar-refractivity contribution < 1.29 is 9.90 Å². The molecule has 1 unspecified atom stereocenters. The molecule has 0 bridgehead atoms. The second-order valence-corrected chi connectivity index (χ2v) is 9.44. The van der Waals surface area contributed by atoms with Gasteiger partial charge in [0.2, 0.25) is 5.91 Å². The summed E-state index contributed by atoms with van der Waals surface area (Å²) in [6, 6.07) is 4.06. The highest BCUT2D eigenvalue weighted by molar-refractivity contribution is 5.79. The number of hydrogen-bond acceptors (Lipinski definition) is 6.